The quantitative estimate of drug-likeness (QED) is 0.659. The molecular formula is C13H26N2O2. The van der Waals surface area contributed by atoms with Gasteiger partial charge in [-0.05, 0) is 19.3 Å². The smallest absolute Gasteiger partial charge is 0.241 e. The Morgan fingerprint density at radius 3 is 2.71 bits per heavy atom. The van der Waals surface area contributed by atoms with Gasteiger partial charge in [0.1, 0.15) is 0 Å². The fraction of sp³-hybridized carbons (Fsp3) is 0.923. The lowest BCUT2D eigenvalue weighted by Crippen LogP contribution is -2.37. The second kappa shape index (κ2) is 7.67. The van der Waals surface area contributed by atoms with E-state index in [1.165, 1.54) is 0 Å². The third-order valence-electron chi connectivity index (χ3n) is 3.33. The summed E-state index contributed by atoms with van der Waals surface area (Å²) in [6.45, 7) is 5.81. The van der Waals surface area contributed by atoms with Gasteiger partial charge in [0.2, 0.25) is 5.91 Å². The predicted octanol–water partition coefficient (Wildman–Crippen LogP) is 1.75. The van der Waals surface area contributed by atoms with Gasteiger partial charge in [-0.25, -0.2) is 0 Å². The molecule has 0 radical (unpaired) electrons. The van der Waals surface area contributed by atoms with E-state index in [-0.39, 0.29) is 18.1 Å². The van der Waals surface area contributed by atoms with Crippen molar-refractivity contribution in [2.24, 2.45) is 0 Å². The van der Waals surface area contributed by atoms with Crippen LogP contribution in [0.4, 0.5) is 0 Å². The average Bonchev–Trinajstić information content (AvgIpc) is 2.64. The highest BCUT2D eigenvalue weighted by Crippen LogP contribution is 2.17. The first-order valence-electron chi connectivity index (χ1n) is 6.80. The molecule has 0 aromatic carbocycles. The van der Waals surface area contributed by atoms with E-state index in [0.717, 1.165) is 45.3 Å². The molecule has 4 heteroatoms. The van der Waals surface area contributed by atoms with Crippen molar-refractivity contribution in [2.75, 3.05) is 20.3 Å². The summed E-state index contributed by atoms with van der Waals surface area (Å²) in [7, 11) is 1.70. The molecule has 1 saturated heterocycles. The molecule has 0 saturated carbocycles. The Bertz CT molecular complexity index is 233. The minimum Gasteiger partial charge on any atom is -0.385 e. The number of rotatable bonds is 8. The Labute approximate surface area is 105 Å². The lowest BCUT2D eigenvalue weighted by atomic mass is 10.1. The maximum atomic E-state index is 12.2. The van der Waals surface area contributed by atoms with E-state index in [0.29, 0.717) is 0 Å². The number of ether oxygens (including phenoxy) is 1. The van der Waals surface area contributed by atoms with Crippen LogP contribution in [-0.2, 0) is 9.53 Å². The van der Waals surface area contributed by atoms with Crippen LogP contribution in [0.5, 0.6) is 0 Å². The van der Waals surface area contributed by atoms with E-state index in [1.54, 1.807) is 7.11 Å². The van der Waals surface area contributed by atoms with Gasteiger partial charge in [0, 0.05) is 20.3 Å². The third-order valence-corrected chi connectivity index (χ3v) is 3.33. The van der Waals surface area contributed by atoms with Crippen molar-refractivity contribution in [1.82, 2.24) is 10.2 Å². The Hall–Kier alpha value is -0.610. The molecule has 1 rings (SSSR count). The van der Waals surface area contributed by atoms with Crippen molar-refractivity contribution in [3.05, 3.63) is 0 Å². The fourth-order valence-electron chi connectivity index (χ4n) is 2.35. The summed E-state index contributed by atoms with van der Waals surface area (Å²) in [6.07, 6.45) is 5.34. The van der Waals surface area contributed by atoms with Gasteiger partial charge in [-0.2, -0.15) is 0 Å². The SMILES string of the molecule is CCCCC1NC(CC)N(CCCOC)C1=O. The fourth-order valence-corrected chi connectivity index (χ4v) is 2.35. The largest absolute Gasteiger partial charge is 0.385 e. The summed E-state index contributed by atoms with van der Waals surface area (Å²) < 4.78 is 5.04. The summed E-state index contributed by atoms with van der Waals surface area (Å²) in [5, 5.41) is 3.44. The number of amides is 1. The Kier molecular flexibility index (Phi) is 6.52. The number of unbranched alkanes of at least 4 members (excludes halogenated alkanes) is 1. The number of carbonyl (C=O) groups excluding carboxylic acids is 1. The van der Waals surface area contributed by atoms with E-state index in [2.05, 4.69) is 19.2 Å². The van der Waals surface area contributed by atoms with Crippen LogP contribution >= 0.6 is 0 Å². The molecule has 0 aromatic rings. The van der Waals surface area contributed by atoms with Gasteiger partial charge >= 0.3 is 0 Å². The van der Waals surface area contributed by atoms with Gasteiger partial charge in [-0.1, -0.05) is 26.7 Å². The zero-order valence-electron chi connectivity index (χ0n) is 11.4. The van der Waals surface area contributed by atoms with Crippen molar-refractivity contribution in [1.29, 1.82) is 0 Å². The van der Waals surface area contributed by atoms with E-state index in [4.69, 9.17) is 4.74 Å². The van der Waals surface area contributed by atoms with Crippen molar-refractivity contribution < 1.29 is 9.53 Å². The Balaban J connectivity index is 2.46. The Morgan fingerprint density at radius 2 is 2.12 bits per heavy atom. The molecule has 17 heavy (non-hydrogen) atoms. The molecule has 1 N–H and O–H groups in total. The molecule has 0 aliphatic carbocycles. The van der Waals surface area contributed by atoms with Crippen molar-refractivity contribution >= 4 is 5.91 Å². The minimum atomic E-state index is 0.0439. The van der Waals surface area contributed by atoms with E-state index >= 15 is 0 Å². The van der Waals surface area contributed by atoms with Crippen LogP contribution in [0.3, 0.4) is 0 Å². The van der Waals surface area contributed by atoms with Crippen molar-refractivity contribution in [3.63, 3.8) is 0 Å². The highest BCUT2D eigenvalue weighted by molar-refractivity contribution is 5.84. The minimum absolute atomic E-state index is 0.0439. The van der Waals surface area contributed by atoms with E-state index < -0.39 is 0 Å². The molecule has 1 amide bonds. The second-order valence-electron chi connectivity index (χ2n) is 4.66. The highest BCUT2D eigenvalue weighted by atomic mass is 16.5. The lowest BCUT2D eigenvalue weighted by Gasteiger charge is -2.22. The maximum absolute atomic E-state index is 12.2. The van der Waals surface area contributed by atoms with Crippen LogP contribution in [0.2, 0.25) is 0 Å². The van der Waals surface area contributed by atoms with E-state index in [1.807, 2.05) is 4.90 Å². The summed E-state index contributed by atoms with van der Waals surface area (Å²) >= 11 is 0. The number of nitrogens with one attached hydrogen (secondary N) is 1. The van der Waals surface area contributed by atoms with Crippen LogP contribution in [0, 0.1) is 0 Å². The molecule has 0 aromatic heterocycles. The Morgan fingerprint density at radius 1 is 1.35 bits per heavy atom. The second-order valence-corrected chi connectivity index (χ2v) is 4.66. The first-order chi connectivity index (χ1) is 8.24. The molecule has 0 spiro atoms. The van der Waals surface area contributed by atoms with Crippen molar-refractivity contribution in [3.8, 4) is 0 Å². The predicted molar refractivity (Wildman–Crippen MR) is 68.7 cm³/mol. The van der Waals surface area contributed by atoms with Crippen LogP contribution in [0.25, 0.3) is 0 Å². The van der Waals surface area contributed by atoms with Crippen molar-refractivity contribution in [2.45, 2.75) is 58.2 Å². The monoisotopic (exact) mass is 242 g/mol. The summed E-state index contributed by atoms with van der Waals surface area (Å²) in [5.41, 5.74) is 0. The average molecular weight is 242 g/mol. The summed E-state index contributed by atoms with van der Waals surface area (Å²) in [5.74, 6) is 0.279. The normalized spacial score (nSPS) is 24.6. The molecule has 100 valence electrons. The lowest BCUT2D eigenvalue weighted by molar-refractivity contribution is -0.130. The number of nitrogens with zero attached hydrogens (tertiary/aromatic N) is 1. The number of methoxy groups -OCH3 is 1. The summed E-state index contributed by atoms with van der Waals surface area (Å²) in [6, 6.07) is 0.0439. The molecule has 1 aliphatic heterocycles. The molecule has 0 bridgehead atoms. The van der Waals surface area contributed by atoms with Gasteiger partial charge in [0.15, 0.2) is 0 Å². The summed E-state index contributed by atoms with van der Waals surface area (Å²) in [4.78, 5) is 14.2. The first-order valence-corrected chi connectivity index (χ1v) is 6.80. The van der Waals surface area contributed by atoms with Crippen LogP contribution in [0.1, 0.15) is 46.0 Å². The number of carbonyl (C=O) groups is 1. The highest BCUT2D eigenvalue weighted by Gasteiger charge is 2.36. The molecule has 1 aliphatic rings. The van der Waals surface area contributed by atoms with Gasteiger partial charge in [0.05, 0.1) is 12.2 Å². The van der Waals surface area contributed by atoms with Crippen LogP contribution < -0.4 is 5.32 Å². The first kappa shape index (κ1) is 14.5. The maximum Gasteiger partial charge on any atom is 0.241 e. The zero-order chi connectivity index (χ0) is 12.7. The van der Waals surface area contributed by atoms with Gasteiger partial charge in [0.25, 0.3) is 0 Å². The third kappa shape index (κ3) is 3.96. The number of hydrogen-bond acceptors (Lipinski definition) is 3. The molecule has 1 fully saturated rings. The molecular weight excluding hydrogens is 216 g/mol. The zero-order valence-corrected chi connectivity index (χ0v) is 11.4. The molecule has 2 unspecified atom stereocenters. The standard InChI is InChI=1S/C13H26N2O2/c1-4-6-8-11-13(16)15(9-7-10-17-3)12(5-2)14-11/h11-12,14H,4-10H2,1-3H3. The van der Waals surface area contributed by atoms with Crippen LogP contribution in [0.15, 0.2) is 0 Å². The van der Waals surface area contributed by atoms with Gasteiger partial charge in [-0.3, -0.25) is 10.1 Å². The molecule has 4 nitrogen and oxygen atoms in total. The molecule has 2 atom stereocenters. The van der Waals surface area contributed by atoms with Gasteiger partial charge in [-0.15, -0.1) is 0 Å². The number of hydrogen-bond donors (Lipinski definition) is 1. The topological polar surface area (TPSA) is 41.6 Å². The van der Waals surface area contributed by atoms with E-state index in [9.17, 15) is 4.79 Å². The van der Waals surface area contributed by atoms with Gasteiger partial charge < -0.3 is 9.64 Å². The van der Waals surface area contributed by atoms with Crippen LogP contribution in [-0.4, -0.2) is 43.3 Å². The molecule has 1 heterocycles.